The number of likely N-dealkylation sites (N-methyl/N-ethyl adjacent to an activating group) is 1. The number of hydrogen-bond acceptors (Lipinski definition) is 4. The zero-order chi connectivity index (χ0) is 26.3. The van der Waals surface area contributed by atoms with Crippen molar-refractivity contribution in [2.45, 2.75) is 72.7 Å². The van der Waals surface area contributed by atoms with E-state index in [0.717, 1.165) is 22.3 Å². The Kier molecular flexibility index (Phi) is 9.46. The highest BCUT2D eigenvalue weighted by molar-refractivity contribution is 5.92. The summed E-state index contributed by atoms with van der Waals surface area (Å²) in [5.41, 5.74) is 2.89. The van der Waals surface area contributed by atoms with Crippen molar-refractivity contribution < 1.29 is 19.1 Å². The summed E-state index contributed by atoms with van der Waals surface area (Å²) in [7, 11) is 1.60. The van der Waals surface area contributed by atoms with Gasteiger partial charge in [0.15, 0.2) is 0 Å². The van der Waals surface area contributed by atoms with Crippen LogP contribution in [0.5, 0.6) is 0 Å². The van der Waals surface area contributed by atoms with E-state index < -0.39 is 23.8 Å². The molecule has 0 saturated heterocycles. The van der Waals surface area contributed by atoms with E-state index in [4.69, 9.17) is 4.74 Å². The maximum atomic E-state index is 13.7. The van der Waals surface area contributed by atoms with E-state index in [1.807, 2.05) is 76.2 Å². The first-order valence-corrected chi connectivity index (χ1v) is 11.9. The first kappa shape index (κ1) is 27.9. The molecule has 0 aliphatic heterocycles. The largest absolute Gasteiger partial charge is 0.444 e. The van der Waals surface area contributed by atoms with Crippen LogP contribution in [-0.4, -0.2) is 41.5 Å². The Morgan fingerprint density at radius 2 is 1.63 bits per heavy atom. The Labute approximate surface area is 209 Å². The Morgan fingerprint density at radius 1 is 1.00 bits per heavy atom. The van der Waals surface area contributed by atoms with Gasteiger partial charge in [-0.25, -0.2) is 4.79 Å². The minimum Gasteiger partial charge on any atom is -0.444 e. The maximum absolute atomic E-state index is 13.7. The number of carbonyl (C=O) groups is 3. The number of nitrogens with zero attached hydrogens (tertiary/aromatic N) is 1. The molecule has 3 amide bonds. The molecule has 190 valence electrons. The molecular weight excluding hydrogens is 442 g/mol. The van der Waals surface area contributed by atoms with E-state index in [0.29, 0.717) is 6.54 Å². The van der Waals surface area contributed by atoms with E-state index in [1.165, 1.54) is 4.90 Å². The lowest BCUT2D eigenvalue weighted by atomic mass is 9.95. The first-order valence-electron chi connectivity index (χ1n) is 11.9. The van der Waals surface area contributed by atoms with Crippen LogP contribution in [0, 0.1) is 19.8 Å². The van der Waals surface area contributed by atoms with Gasteiger partial charge in [-0.05, 0) is 57.2 Å². The van der Waals surface area contributed by atoms with Crippen molar-refractivity contribution in [2.75, 3.05) is 7.05 Å². The highest BCUT2D eigenvalue weighted by Gasteiger charge is 2.36. The first-order chi connectivity index (χ1) is 16.3. The second kappa shape index (κ2) is 11.9. The van der Waals surface area contributed by atoms with Crippen LogP contribution in [0.15, 0.2) is 48.5 Å². The van der Waals surface area contributed by atoms with Crippen LogP contribution in [-0.2, 0) is 20.9 Å². The molecule has 0 bridgehead atoms. The molecule has 0 radical (unpaired) electrons. The van der Waals surface area contributed by atoms with Crippen molar-refractivity contribution in [3.05, 3.63) is 70.8 Å². The summed E-state index contributed by atoms with van der Waals surface area (Å²) in [6, 6.07) is 13.7. The van der Waals surface area contributed by atoms with Crippen LogP contribution in [0.3, 0.4) is 0 Å². The minimum absolute atomic E-state index is 0.218. The summed E-state index contributed by atoms with van der Waals surface area (Å²) >= 11 is 0. The summed E-state index contributed by atoms with van der Waals surface area (Å²) in [4.78, 5) is 41.0. The van der Waals surface area contributed by atoms with E-state index in [-0.39, 0.29) is 17.7 Å². The van der Waals surface area contributed by atoms with Crippen LogP contribution in [0.4, 0.5) is 4.79 Å². The van der Waals surface area contributed by atoms with Gasteiger partial charge >= 0.3 is 6.09 Å². The van der Waals surface area contributed by atoms with E-state index in [9.17, 15) is 14.4 Å². The van der Waals surface area contributed by atoms with Gasteiger partial charge in [-0.3, -0.25) is 9.59 Å². The fraction of sp³-hybridized carbons (Fsp3) is 0.464. The average molecular weight is 482 g/mol. The van der Waals surface area contributed by atoms with Gasteiger partial charge in [0.25, 0.3) is 0 Å². The van der Waals surface area contributed by atoms with Crippen LogP contribution < -0.4 is 10.6 Å². The van der Waals surface area contributed by atoms with Gasteiger partial charge in [-0.15, -0.1) is 0 Å². The Morgan fingerprint density at radius 3 is 2.20 bits per heavy atom. The second-order valence-corrected chi connectivity index (χ2v) is 10.3. The van der Waals surface area contributed by atoms with E-state index in [2.05, 4.69) is 10.6 Å². The van der Waals surface area contributed by atoms with Crippen LogP contribution in [0.2, 0.25) is 0 Å². The maximum Gasteiger partial charge on any atom is 0.408 e. The van der Waals surface area contributed by atoms with Crippen molar-refractivity contribution >= 4 is 17.9 Å². The summed E-state index contributed by atoms with van der Waals surface area (Å²) in [6.45, 7) is 13.2. The van der Waals surface area contributed by atoms with Crippen LogP contribution >= 0.6 is 0 Å². The number of aryl methyl sites for hydroxylation is 2. The molecule has 0 saturated carbocycles. The number of alkyl carbamates (subject to hydrolysis) is 1. The highest BCUT2D eigenvalue weighted by Crippen LogP contribution is 2.26. The van der Waals surface area contributed by atoms with Crippen molar-refractivity contribution in [1.29, 1.82) is 0 Å². The molecule has 2 unspecified atom stereocenters. The van der Waals surface area contributed by atoms with Gasteiger partial charge in [-0.2, -0.15) is 0 Å². The molecule has 35 heavy (non-hydrogen) atoms. The zero-order valence-electron chi connectivity index (χ0n) is 22.1. The van der Waals surface area contributed by atoms with Crippen LogP contribution in [0.1, 0.15) is 62.9 Å². The third-order valence-electron chi connectivity index (χ3n) is 5.63. The Hall–Kier alpha value is -3.35. The third kappa shape index (κ3) is 8.12. The molecule has 0 heterocycles. The topological polar surface area (TPSA) is 87.7 Å². The lowest BCUT2D eigenvalue weighted by molar-refractivity contribution is -0.141. The van der Waals surface area contributed by atoms with Crippen molar-refractivity contribution in [1.82, 2.24) is 15.5 Å². The predicted molar refractivity (Wildman–Crippen MR) is 138 cm³/mol. The molecule has 0 spiro atoms. The average Bonchev–Trinajstić information content (AvgIpc) is 2.77. The molecule has 7 heteroatoms. The Balaban J connectivity index is 2.35. The monoisotopic (exact) mass is 481 g/mol. The molecule has 2 aromatic carbocycles. The third-order valence-corrected chi connectivity index (χ3v) is 5.63. The fourth-order valence-electron chi connectivity index (χ4n) is 3.76. The Bertz CT molecular complexity index is 1030. The molecule has 2 N–H and O–H groups in total. The molecule has 2 aromatic rings. The molecule has 0 aliphatic carbocycles. The SMILES string of the molecule is Cc1ccc(C)c(C(C(=O)NCc2ccccc2)N(C)C(=O)C(NC(=O)OC(C)(C)C)C(C)C)c1. The lowest BCUT2D eigenvalue weighted by Crippen LogP contribution is -2.53. The molecule has 0 aromatic heterocycles. The van der Waals surface area contributed by atoms with Gasteiger partial charge in [-0.1, -0.05) is 67.9 Å². The molecular formula is C28H39N3O4. The summed E-state index contributed by atoms with van der Waals surface area (Å²) in [5, 5.41) is 5.67. The molecule has 2 atom stereocenters. The predicted octanol–water partition coefficient (Wildman–Crippen LogP) is 4.67. The molecule has 7 nitrogen and oxygen atoms in total. The summed E-state index contributed by atoms with van der Waals surface area (Å²) in [5.74, 6) is -0.881. The number of ether oxygens (including phenoxy) is 1. The van der Waals surface area contributed by atoms with Gasteiger partial charge < -0.3 is 20.3 Å². The van der Waals surface area contributed by atoms with Crippen LogP contribution in [0.25, 0.3) is 0 Å². The van der Waals surface area contributed by atoms with Gasteiger partial charge in [0.1, 0.15) is 17.7 Å². The molecule has 0 aliphatic rings. The van der Waals surface area contributed by atoms with Gasteiger partial charge in [0.2, 0.25) is 11.8 Å². The number of benzene rings is 2. The fourth-order valence-corrected chi connectivity index (χ4v) is 3.76. The van der Waals surface area contributed by atoms with Gasteiger partial charge in [0.05, 0.1) is 0 Å². The highest BCUT2D eigenvalue weighted by atomic mass is 16.6. The smallest absolute Gasteiger partial charge is 0.408 e. The number of carbonyl (C=O) groups excluding carboxylic acids is 3. The molecule has 2 rings (SSSR count). The van der Waals surface area contributed by atoms with E-state index in [1.54, 1.807) is 27.8 Å². The second-order valence-electron chi connectivity index (χ2n) is 10.3. The van der Waals surface area contributed by atoms with Crippen molar-refractivity contribution in [3.63, 3.8) is 0 Å². The van der Waals surface area contributed by atoms with E-state index >= 15 is 0 Å². The summed E-state index contributed by atoms with van der Waals surface area (Å²) in [6.07, 6.45) is -0.672. The van der Waals surface area contributed by atoms with Crippen molar-refractivity contribution in [2.24, 2.45) is 5.92 Å². The number of rotatable bonds is 8. The quantitative estimate of drug-likeness (QED) is 0.574. The molecule has 0 fully saturated rings. The number of amides is 3. The lowest BCUT2D eigenvalue weighted by Gasteiger charge is -2.33. The minimum atomic E-state index is -0.868. The zero-order valence-corrected chi connectivity index (χ0v) is 22.1. The number of hydrogen-bond donors (Lipinski definition) is 2. The van der Waals surface area contributed by atoms with Gasteiger partial charge in [0, 0.05) is 13.6 Å². The summed E-state index contributed by atoms with van der Waals surface area (Å²) < 4.78 is 5.36. The number of nitrogens with one attached hydrogen (secondary N) is 2. The van der Waals surface area contributed by atoms with Crippen molar-refractivity contribution in [3.8, 4) is 0 Å². The normalized spacial score (nSPS) is 13.1. The standard InChI is InChI=1S/C28H39N3O4/c1-18(2)23(30-27(34)35-28(5,6)7)26(33)31(8)24(22-16-19(3)14-15-20(22)4)25(32)29-17-21-12-10-9-11-13-21/h9-16,18,23-24H,17H2,1-8H3,(H,29,32)(H,30,34).